The Labute approximate surface area is 368 Å². The molecule has 6 aromatic rings. The lowest BCUT2D eigenvalue weighted by Crippen LogP contribution is -2.41. The summed E-state index contributed by atoms with van der Waals surface area (Å²) in [4.78, 5) is 2.59. The van der Waals surface area contributed by atoms with Gasteiger partial charge in [-0.2, -0.15) is 0 Å². The number of benzene rings is 2. The fourth-order valence-electron chi connectivity index (χ4n) is 8.55. The van der Waals surface area contributed by atoms with Crippen LogP contribution in [0.25, 0.3) is 21.0 Å². The third kappa shape index (κ3) is 7.41. The van der Waals surface area contributed by atoms with E-state index in [-0.39, 0.29) is 18.3 Å². The van der Waals surface area contributed by atoms with E-state index in [0.717, 1.165) is 53.5 Å². The maximum Gasteiger partial charge on any atom is 0.495 e. The summed E-state index contributed by atoms with van der Waals surface area (Å²) in [5.74, 6) is 3.61. The second-order valence-corrected chi connectivity index (χ2v) is 20.0. The molecule has 4 aromatic heterocycles. The Morgan fingerprint density at radius 3 is 1.78 bits per heavy atom. The van der Waals surface area contributed by atoms with Gasteiger partial charge in [-0.1, -0.05) is 60.7 Å². The van der Waals surface area contributed by atoms with Crippen molar-refractivity contribution in [2.45, 2.75) is 119 Å². The molecule has 7 heterocycles. The highest BCUT2D eigenvalue weighted by Crippen LogP contribution is 2.44. The molecular formula is C46H50BBrN6O4S2. The van der Waals surface area contributed by atoms with Gasteiger partial charge in [-0.3, -0.25) is 9.13 Å². The zero-order chi connectivity index (χ0) is 41.9. The van der Waals surface area contributed by atoms with E-state index in [4.69, 9.17) is 18.8 Å². The number of fused-ring (bicyclic) bond motifs is 8. The van der Waals surface area contributed by atoms with Crippen molar-refractivity contribution in [2.24, 2.45) is 0 Å². The second kappa shape index (κ2) is 16.4. The molecular weight excluding hydrogens is 855 g/mol. The Bertz CT molecular complexity index is 2650. The highest BCUT2D eigenvalue weighted by molar-refractivity contribution is 9.10. The quantitative estimate of drug-likeness (QED) is 0.159. The predicted molar refractivity (Wildman–Crippen MR) is 243 cm³/mol. The Morgan fingerprint density at radius 1 is 0.633 bits per heavy atom. The number of aryl methyl sites for hydroxylation is 6. The molecule has 0 N–H and O–H groups in total. The van der Waals surface area contributed by atoms with Crippen LogP contribution in [0.2, 0.25) is 0 Å². The molecule has 310 valence electrons. The van der Waals surface area contributed by atoms with Crippen LogP contribution in [0.15, 0.2) is 65.2 Å². The summed E-state index contributed by atoms with van der Waals surface area (Å²) >= 11 is 7.18. The van der Waals surface area contributed by atoms with Crippen LogP contribution in [0.4, 0.5) is 0 Å². The molecule has 11 rings (SSSR count). The predicted octanol–water partition coefficient (Wildman–Crippen LogP) is 10.7. The first-order valence-electron chi connectivity index (χ1n) is 20.6. The summed E-state index contributed by atoms with van der Waals surface area (Å²) in [6, 6.07) is 17.3. The number of ether oxygens (including phenoxy) is 2. The Balaban J connectivity index is 0.000000119. The lowest BCUT2D eigenvalue weighted by Gasteiger charge is -2.32. The Kier molecular flexibility index (Phi) is 11.3. The molecule has 2 aromatic carbocycles. The van der Waals surface area contributed by atoms with Crippen LogP contribution in [0, 0.1) is 27.7 Å². The molecule has 0 saturated carbocycles. The third-order valence-electron chi connectivity index (χ3n) is 12.3. The number of aromatic nitrogens is 6. The molecule has 1 saturated heterocycles. The molecule has 0 amide bonds. The lowest BCUT2D eigenvalue weighted by molar-refractivity contribution is 0.00578. The maximum atomic E-state index is 6.17. The monoisotopic (exact) mass is 904 g/mol. The van der Waals surface area contributed by atoms with Crippen LogP contribution >= 0.6 is 38.6 Å². The zero-order valence-electron chi connectivity index (χ0n) is 35.5. The Morgan fingerprint density at radius 2 is 1.15 bits per heavy atom. The number of halogens is 1. The number of rotatable bonds is 2. The number of hydrogen-bond donors (Lipinski definition) is 0. The maximum absolute atomic E-state index is 6.17. The van der Waals surface area contributed by atoms with Gasteiger partial charge >= 0.3 is 7.12 Å². The van der Waals surface area contributed by atoms with Gasteiger partial charge in [0.25, 0.3) is 0 Å². The van der Waals surface area contributed by atoms with Crippen molar-refractivity contribution >= 4 is 56.8 Å². The second-order valence-electron chi connectivity index (χ2n) is 16.8. The van der Waals surface area contributed by atoms with Crippen LogP contribution < -0.4 is 0 Å². The van der Waals surface area contributed by atoms with Gasteiger partial charge in [0, 0.05) is 30.9 Å². The first kappa shape index (κ1) is 41.3. The van der Waals surface area contributed by atoms with Crippen LogP contribution in [0.3, 0.4) is 0 Å². The van der Waals surface area contributed by atoms with Crippen LogP contribution in [-0.4, -0.2) is 47.8 Å². The SMILES string of the molecule is CC1(C)OB(C2=CCCc3ccccc32)OC1(C)C.Cc1sc2c(c1Br)COCc1nnc(C)n1-2.Cc1sc2c(c1C1=CCCc3ccccc31)COCc1nnc(C)n1-2. The molecule has 2 aliphatic carbocycles. The normalized spacial score (nSPS) is 18.1. The van der Waals surface area contributed by atoms with E-state index in [9.17, 15) is 0 Å². The molecule has 60 heavy (non-hydrogen) atoms. The van der Waals surface area contributed by atoms with Crippen LogP contribution in [-0.2, 0) is 58.1 Å². The molecule has 3 aliphatic heterocycles. The van der Waals surface area contributed by atoms with E-state index in [1.165, 1.54) is 69.7 Å². The fourth-order valence-corrected chi connectivity index (χ4v) is 11.6. The first-order valence-corrected chi connectivity index (χ1v) is 23.1. The lowest BCUT2D eigenvalue weighted by atomic mass is 9.70. The minimum atomic E-state index is -0.273. The van der Waals surface area contributed by atoms with Crippen molar-refractivity contribution in [1.82, 2.24) is 29.5 Å². The highest BCUT2D eigenvalue weighted by atomic mass is 79.9. The molecule has 0 atom stereocenters. The van der Waals surface area contributed by atoms with Crippen LogP contribution in [0.5, 0.6) is 0 Å². The molecule has 10 nitrogen and oxygen atoms in total. The van der Waals surface area contributed by atoms with E-state index < -0.39 is 0 Å². The highest BCUT2D eigenvalue weighted by Gasteiger charge is 2.52. The summed E-state index contributed by atoms with van der Waals surface area (Å²) in [5.41, 5.74) is 11.3. The molecule has 14 heteroatoms. The molecule has 0 bridgehead atoms. The summed E-state index contributed by atoms with van der Waals surface area (Å²) in [7, 11) is -0.244. The topological polar surface area (TPSA) is 98.3 Å². The summed E-state index contributed by atoms with van der Waals surface area (Å²) in [5, 5.41) is 19.2. The van der Waals surface area contributed by atoms with Gasteiger partial charge in [0.05, 0.1) is 24.4 Å². The number of thiophene rings is 2. The van der Waals surface area contributed by atoms with E-state index in [1.54, 1.807) is 11.3 Å². The Hall–Kier alpha value is -4.02. The zero-order valence-corrected chi connectivity index (χ0v) is 38.7. The summed E-state index contributed by atoms with van der Waals surface area (Å²) in [6.45, 7) is 19.0. The van der Waals surface area contributed by atoms with Crippen molar-refractivity contribution in [2.75, 3.05) is 0 Å². The van der Waals surface area contributed by atoms with Gasteiger partial charge in [-0.05, 0) is 130 Å². The van der Waals surface area contributed by atoms with Gasteiger partial charge in [0.15, 0.2) is 11.6 Å². The van der Waals surface area contributed by atoms with Gasteiger partial charge in [0.1, 0.15) is 34.9 Å². The van der Waals surface area contributed by atoms with Crippen molar-refractivity contribution in [3.05, 3.63) is 137 Å². The minimum Gasteiger partial charge on any atom is -0.399 e. The smallest absolute Gasteiger partial charge is 0.399 e. The molecule has 1 fully saturated rings. The van der Waals surface area contributed by atoms with Gasteiger partial charge < -0.3 is 18.8 Å². The van der Waals surface area contributed by atoms with Crippen molar-refractivity contribution in [1.29, 1.82) is 0 Å². The van der Waals surface area contributed by atoms with Gasteiger partial charge in [-0.25, -0.2) is 0 Å². The minimum absolute atomic E-state index is 0.244. The molecule has 0 spiro atoms. The van der Waals surface area contributed by atoms with E-state index >= 15 is 0 Å². The van der Waals surface area contributed by atoms with Crippen molar-refractivity contribution < 1.29 is 18.8 Å². The van der Waals surface area contributed by atoms with E-state index in [1.807, 2.05) is 25.2 Å². The first-order chi connectivity index (χ1) is 28.8. The molecule has 0 unspecified atom stereocenters. The fraction of sp³-hybridized carbons (Fsp3) is 0.391. The largest absolute Gasteiger partial charge is 0.495 e. The third-order valence-corrected chi connectivity index (χ3v) is 15.9. The van der Waals surface area contributed by atoms with E-state index in [0.29, 0.717) is 26.4 Å². The number of nitrogens with zero attached hydrogens (tertiary/aromatic N) is 6. The van der Waals surface area contributed by atoms with E-state index in [2.05, 4.69) is 148 Å². The van der Waals surface area contributed by atoms with Gasteiger partial charge in [0.2, 0.25) is 0 Å². The average Bonchev–Trinajstić information content (AvgIpc) is 3.94. The summed E-state index contributed by atoms with van der Waals surface area (Å²) < 4.78 is 29.3. The molecule has 0 radical (unpaired) electrons. The van der Waals surface area contributed by atoms with Gasteiger partial charge in [-0.15, -0.1) is 43.1 Å². The molecule has 5 aliphatic rings. The number of allylic oxidation sites excluding steroid dienone is 2. The average molecular weight is 906 g/mol. The van der Waals surface area contributed by atoms with Crippen molar-refractivity contribution in [3.8, 4) is 10.0 Å². The standard InChI is InChI=1S/C20H19N3OS.C16H21BO2.C10H10BrN3OS/c1-12-19(16-9-5-7-14-6-3-4-8-15(14)16)17-10-24-11-18-22-21-13(2)23(18)20(17)25-12;1-15(2)16(3,4)19-17(18-15)14-11-7-9-12-8-5-6-10-13(12)14;1-5-9(11)7-3-15-4-8-13-12-6(2)14(8)10(7)16-5/h3-4,6,8-9H,5,7,10-11H2,1-2H3;5-6,8,10-11H,7,9H2,1-4H3;3-4H2,1-2H3. The summed E-state index contributed by atoms with van der Waals surface area (Å²) in [6.07, 6.45) is 9.05. The van der Waals surface area contributed by atoms with Crippen LogP contribution in [0.1, 0.15) is 113 Å². The van der Waals surface area contributed by atoms with Crippen molar-refractivity contribution in [3.63, 3.8) is 0 Å². The number of hydrogen-bond acceptors (Lipinski definition) is 10.